The number of halogens is 3. The minimum Gasteiger partial charge on any atom is -0.356 e. The van der Waals surface area contributed by atoms with Gasteiger partial charge in [0.2, 0.25) is 5.91 Å². The van der Waals surface area contributed by atoms with Gasteiger partial charge < -0.3 is 15.5 Å². The predicted octanol–water partition coefficient (Wildman–Crippen LogP) is 3.05. The molecule has 0 saturated carbocycles. The average molecular weight is 452 g/mol. The first-order chi connectivity index (χ1) is 15.0. The Morgan fingerprint density at radius 1 is 1.25 bits per heavy atom. The third-order valence-corrected chi connectivity index (χ3v) is 5.51. The summed E-state index contributed by atoms with van der Waals surface area (Å²) < 4.78 is 40.9. The van der Waals surface area contributed by atoms with Crippen molar-refractivity contribution < 1.29 is 27.6 Å². The number of carbonyl (C=O) groups is 3. The molecule has 2 aliphatic rings. The Morgan fingerprint density at radius 2 is 1.94 bits per heavy atom. The molecule has 0 saturated heterocycles. The molecule has 174 valence electrons. The number of hydrogen-bond acceptors (Lipinski definition) is 3. The van der Waals surface area contributed by atoms with Crippen molar-refractivity contribution in [1.29, 1.82) is 0 Å². The van der Waals surface area contributed by atoms with Crippen molar-refractivity contribution in [3.8, 4) is 0 Å². The van der Waals surface area contributed by atoms with Crippen LogP contribution in [0.1, 0.15) is 44.4 Å². The van der Waals surface area contributed by atoms with Gasteiger partial charge in [0.1, 0.15) is 0 Å². The number of urea groups is 1. The lowest BCUT2D eigenvalue weighted by Gasteiger charge is -2.33. The highest BCUT2D eigenvalue weighted by Gasteiger charge is 2.46. The number of carbonyl (C=O) groups excluding carboxylic acids is 3. The predicted molar refractivity (Wildman–Crippen MR) is 111 cm³/mol. The number of likely N-dealkylation sites (N-methyl/N-ethyl adjacent to an activating group) is 1. The van der Waals surface area contributed by atoms with Crippen molar-refractivity contribution >= 4 is 17.8 Å². The standard InChI is InChI=1S/C22H27F3N4O3/c1-4-29-16-12-28(10-9-17(30)26-11-13(2)3)20(31)18(16)19(27-21(29)32)14-7-5-6-8-15(14)22(23,24)25/h5-8,13,19H,4,9-12H2,1-3H3,(H,26,30)(H,27,32)/t19-/m1/s1. The molecule has 1 aromatic rings. The molecule has 0 fully saturated rings. The molecular formula is C22H27F3N4O3. The van der Waals surface area contributed by atoms with E-state index in [9.17, 15) is 27.6 Å². The third kappa shape index (κ3) is 4.73. The van der Waals surface area contributed by atoms with Gasteiger partial charge in [-0.15, -0.1) is 0 Å². The second-order valence-electron chi connectivity index (χ2n) is 8.25. The Balaban J connectivity index is 1.89. The molecular weight excluding hydrogens is 425 g/mol. The number of benzene rings is 1. The second kappa shape index (κ2) is 9.22. The van der Waals surface area contributed by atoms with Crippen molar-refractivity contribution in [2.45, 2.75) is 39.4 Å². The fourth-order valence-corrected chi connectivity index (χ4v) is 3.95. The van der Waals surface area contributed by atoms with Crippen LogP contribution < -0.4 is 10.6 Å². The smallest absolute Gasteiger partial charge is 0.356 e. The first kappa shape index (κ1) is 23.6. The summed E-state index contributed by atoms with van der Waals surface area (Å²) in [6.07, 6.45) is -4.57. The van der Waals surface area contributed by atoms with E-state index in [-0.39, 0.29) is 49.0 Å². The van der Waals surface area contributed by atoms with E-state index < -0.39 is 29.7 Å². The van der Waals surface area contributed by atoms with Crippen LogP contribution in [0.5, 0.6) is 0 Å². The summed E-state index contributed by atoms with van der Waals surface area (Å²) in [5, 5.41) is 5.35. The van der Waals surface area contributed by atoms with Crippen molar-refractivity contribution in [2.75, 3.05) is 26.2 Å². The first-order valence-corrected chi connectivity index (χ1v) is 10.6. The van der Waals surface area contributed by atoms with Gasteiger partial charge in [-0.25, -0.2) is 4.79 Å². The lowest BCUT2D eigenvalue weighted by molar-refractivity contribution is -0.138. The lowest BCUT2D eigenvalue weighted by Crippen LogP contribution is -2.47. The van der Waals surface area contributed by atoms with Gasteiger partial charge in [-0.3, -0.25) is 14.5 Å². The summed E-state index contributed by atoms with van der Waals surface area (Å²) >= 11 is 0. The van der Waals surface area contributed by atoms with E-state index in [0.717, 1.165) is 6.07 Å². The summed E-state index contributed by atoms with van der Waals surface area (Å²) in [4.78, 5) is 40.7. The monoisotopic (exact) mass is 452 g/mol. The maximum Gasteiger partial charge on any atom is 0.416 e. The van der Waals surface area contributed by atoms with Gasteiger partial charge in [0, 0.05) is 26.1 Å². The summed E-state index contributed by atoms with van der Waals surface area (Å²) in [5.74, 6) is -0.403. The van der Waals surface area contributed by atoms with Crippen LogP contribution in [0.4, 0.5) is 18.0 Å². The highest BCUT2D eigenvalue weighted by molar-refractivity contribution is 6.01. The average Bonchev–Trinajstić information content (AvgIpc) is 3.05. The molecule has 32 heavy (non-hydrogen) atoms. The zero-order valence-electron chi connectivity index (χ0n) is 18.3. The van der Waals surface area contributed by atoms with Crippen molar-refractivity contribution in [2.24, 2.45) is 5.92 Å². The van der Waals surface area contributed by atoms with Crippen LogP contribution in [0.25, 0.3) is 0 Å². The number of nitrogens with one attached hydrogen (secondary N) is 2. The zero-order valence-corrected chi connectivity index (χ0v) is 18.3. The molecule has 4 amide bonds. The minimum absolute atomic E-state index is 0.0658. The summed E-state index contributed by atoms with van der Waals surface area (Å²) in [6.45, 7) is 6.59. The number of amides is 4. The quantitative estimate of drug-likeness (QED) is 0.667. The number of nitrogens with zero attached hydrogens (tertiary/aromatic N) is 2. The van der Waals surface area contributed by atoms with Crippen LogP contribution in [0.15, 0.2) is 35.5 Å². The number of hydrogen-bond donors (Lipinski definition) is 2. The highest BCUT2D eigenvalue weighted by atomic mass is 19.4. The van der Waals surface area contributed by atoms with E-state index in [0.29, 0.717) is 12.2 Å². The molecule has 2 heterocycles. The van der Waals surface area contributed by atoms with E-state index in [1.165, 1.54) is 28.0 Å². The fourth-order valence-electron chi connectivity index (χ4n) is 3.95. The molecule has 0 aromatic heterocycles. The SMILES string of the molecule is CCN1C(=O)N[C@H](c2ccccc2C(F)(F)F)C2=C1CN(CCC(=O)NCC(C)C)C2=O. The summed E-state index contributed by atoms with van der Waals surface area (Å²) in [5.41, 5.74) is -0.584. The van der Waals surface area contributed by atoms with Crippen molar-refractivity contribution in [3.05, 3.63) is 46.7 Å². The van der Waals surface area contributed by atoms with E-state index in [4.69, 9.17) is 0 Å². The Bertz CT molecular complexity index is 943. The molecule has 2 aliphatic heterocycles. The summed E-state index contributed by atoms with van der Waals surface area (Å²) in [7, 11) is 0. The molecule has 3 rings (SSSR count). The highest BCUT2D eigenvalue weighted by Crippen LogP contribution is 2.41. The van der Waals surface area contributed by atoms with E-state index in [2.05, 4.69) is 10.6 Å². The van der Waals surface area contributed by atoms with Crippen LogP contribution in [0, 0.1) is 5.92 Å². The van der Waals surface area contributed by atoms with Gasteiger partial charge >= 0.3 is 12.2 Å². The van der Waals surface area contributed by atoms with Crippen molar-refractivity contribution in [1.82, 2.24) is 20.4 Å². The zero-order chi connectivity index (χ0) is 23.6. The molecule has 1 atom stereocenters. The fraction of sp³-hybridized carbons (Fsp3) is 0.500. The minimum atomic E-state index is -4.64. The Hall–Kier alpha value is -3.04. The van der Waals surface area contributed by atoms with Gasteiger partial charge in [-0.2, -0.15) is 13.2 Å². The van der Waals surface area contributed by atoms with E-state index in [1.54, 1.807) is 6.92 Å². The molecule has 0 bridgehead atoms. The molecule has 0 radical (unpaired) electrons. The third-order valence-electron chi connectivity index (χ3n) is 5.51. The van der Waals surface area contributed by atoms with Crippen LogP contribution in [-0.2, 0) is 15.8 Å². The maximum absolute atomic E-state index is 13.6. The normalized spacial score (nSPS) is 18.9. The number of rotatable bonds is 7. The van der Waals surface area contributed by atoms with Gasteiger partial charge in [0.15, 0.2) is 0 Å². The first-order valence-electron chi connectivity index (χ1n) is 10.6. The molecule has 0 aliphatic carbocycles. The van der Waals surface area contributed by atoms with E-state index in [1.807, 2.05) is 13.8 Å². The van der Waals surface area contributed by atoms with Gasteiger partial charge in [0.25, 0.3) is 5.91 Å². The molecule has 7 nitrogen and oxygen atoms in total. The van der Waals surface area contributed by atoms with Crippen LogP contribution in [0.2, 0.25) is 0 Å². The molecule has 0 spiro atoms. The second-order valence-corrected chi connectivity index (χ2v) is 8.25. The van der Waals surface area contributed by atoms with Crippen LogP contribution >= 0.6 is 0 Å². The largest absolute Gasteiger partial charge is 0.416 e. The topological polar surface area (TPSA) is 81.8 Å². The van der Waals surface area contributed by atoms with Gasteiger partial charge in [-0.1, -0.05) is 32.0 Å². The Labute approximate surface area is 184 Å². The molecule has 2 N–H and O–H groups in total. The van der Waals surface area contributed by atoms with Crippen LogP contribution in [-0.4, -0.2) is 53.8 Å². The Kier molecular flexibility index (Phi) is 6.80. The summed E-state index contributed by atoms with van der Waals surface area (Å²) in [6, 6.07) is 3.14. The molecule has 0 unspecified atom stereocenters. The Morgan fingerprint density at radius 3 is 2.56 bits per heavy atom. The maximum atomic E-state index is 13.6. The van der Waals surface area contributed by atoms with E-state index >= 15 is 0 Å². The van der Waals surface area contributed by atoms with Gasteiger partial charge in [-0.05, 0) is 24.5 Å². The van der Waals surface area contributed by atoms with Crippen molar-refractivity contribution in [3.63, 3.8) is 0 Å². The molecule has 1 aromatic carbocycles. The van der Waals surface area contributed by atoms with Crippen LogP contribution in [0.3, 0.4) is 0 Å². The lowest BCUT2D eigenvalue weighted by atomic mass is 9.91. The molecule has 10 heteroatoms. The number of alkyl halides is 3. The van der Waals surface area contributed by atoms with Gasteiger partial charge in [0.05, 0.1) is 29.4 Å².